The standard InChI is InChI=1S/C10H15NO2S/c1-13-10(7-14(2)12)8-5-3-4-6-9(8)11/h3-6,10H,7,11H2,1-2H3. The van der Waals surface area contributed by atoms with Crippen LogP contribution in [0.25, 0.3) is 0 Å². The zero-order valence-corrected chi connectivity index (χ0v) is 9.21. The highest BCUT2D eigenvalue weighted by Crippen LogP contribution is 2.23. The van der Waals surface area contributed by atoms with Crippen LogP contribution in [0.5, 0.6) is 0 Å². The molecule has 14 heavy (non-hydrogen) atoms. The quantitative estimate of drug-likeness (QED) is 0.768. The number of ether oxygens (including phenoxy) is 1. The monoisotopic (exact) mass is 213 g/mol. The van der Waals surface area contributed by atoms with Gasteiger partial charge in [-0.25, -0.2) is 0 Å². The molecule has 4 heteroatoms. The molecule has 2 N–H and O–H groups in total. The molecule has 1 rings (SSSR count). The van der Waals surface area contributed by atoms with Crippen LogP contribution < -0.4 is 5.73 Å². The van der Waals surface area contributed by atoms with Gasteiger partial charge in [0.25, 0.3) is 0 Å². The number of anilines is 1. The van der Waals surface area contributed by atoms with Crippen LogP contribution in [-0.2, 0) is 15.5 Å². The van der Waals surface area contributed by atoms with Crippen LogP contribution in [0.1, 0.15) is 11.7 Å². The van der Waals surface area contributed by atoms with Crippen LogP contribution in [0.15, 0.2) is 24.3 Å². The zero-order valence-electron chi connectivity index (χ0n) is 8.40. The lowest BCUT2D eigenvalue weighted by Crippen LogP contribution is -2.12. The van der Waals surface area contributed by atoms with E-state index in [2.05, 4.69) is 0 Å². The largest absolute Gasteiger partial charge is 0.398 e. The van der Waals surface area contributed by atoms with Gasteiger partial charge in [-0.3, -0.25) is 4.21 Å². The molecule has 1 aromatic carbocycles. The first kappa shape index (κ1) is 11.2. The van der Waals surface area contributed by atoms with Gasteiger partial charge in [0.15, 0.2) is 0 Å². The molecule has 0 aliphatic rings. The Morgan fingerprint density at radius 2 is 2.14 bits per heavy atom. The van der Waals surface area contributed by atoms with Crippen LogP contribution in [0, 0.1) is 0 Å². The lowest BCUT2D eigenvalue weighted by molar-refractivity contribution is 0.123. The molecule has 0 saturated carbocycles. The molecule has 1 aromatic rings. The molecule has 2 atom stereocenters. The Kier molecular flexibility index (Phi) is 4.10. The fourth-order valence-corrected chi connectivity index (χ4v) is 2.04. The Bertz CT molecular complexity index is 328. The van der Waals surface area contributed by atoms with Gasteiger partial charge in [-0.1, -0.05) is 18.2 Å². The lowest BCUT2D eigenvalue weighted by atomic mass is 10.1. The second-order valence-electron chi connectivity index (χ2n) is 3.09. The summed E-state index contributed by atoms with van der Waals surface area (Å²) >= 11 is 0. The summed E-state index contributed by atoms with van der Waals surface area (Å²) in [6.45, 7) is 0. The molecule has 0 aliphatic carbocycles. The molecule has 0 amide bonds. The van der Waals surface area contributed by atoms with Gasteiger partial charge in [-0.2, -0.15) is 0 Å². The van der Waals surface area contributed by atoms with Crippen molar-refractivity contribution in [1.82, 2.24) is 0 Å². The van der Waals surface area contributed by atoms with Crippen molar-refractivity contribution in [2.24, 2.45) is 0 Å². The Morgan fingerprint density at radius 3 is 2.64 bits per heavy atom. The third-order valence-electron chi connectivity index (χ3n) is 2.01. The molecule has 3 nitrogen and oxygen atoms in total. The summed E-state index contributed by atoms with van der Waals surface area (Å²) < 4.78 is 16.3. The number of hydrogen-bond donors (Lipinski definition) is 1. The van der Waals surface area contributed by atoms with E-state index < -0.39 is 10.8 Å². The van der Waals surface area contributed by atoms with Crippen molar-refractivity contribution in [1.29, 1.82) is 0 Å². The summed E-state index contributed by atoms with van der Waals surface area (Å²) in [5.41, 5.74) is 7.39. The van der Waals surface area contributed by atoms with Gasteiger partial charge in [-0.15, -0.1) is 0 Å². The van der Waals surface area contributed by atoms with E-state index in [1.807, 2.05) is 24.3 Å². The number of hydrogen-bond acceptors (Lipinski definition) is 3. The maximum absolute atomic E-state index is 11.1. The molecule has 0 heterocycles. The van der Waals surface area contributed by atoms with E-state index in [1.54, 1.807) is 13.4 Å². The van der Waals surface area contributed by atoms with Gasteiger partial charge in [0.05, 0.1) is 11.9 Å². The van der Waals surface area contributed by atoms with E-state index in [0.29, 0.717) is 11.4 Å². The summed E-state index contributed by atoms with van der Waals surface area (Å²) in [6, 6.07) is 7.49. The molecule has 0 saturated heterocycles. The fourth-order valence-electron chi connectivity index (χ4n) is 1.30. The molecule has 0 aromatic heterocycles. The van der Waals surface area contributed by atoms with Crippen LogP contribution in [0.4, 0.5) is 5.69 Å². The Hall–Kier alpha value is -0.870. The van der Waals surface area contributed by atoms with Crippen LogP contribution in [-0.4, -0.2) is 23.3 Å². The van der Waals surface area contributed by atoms with Crippen molar-refractivity contribution in [3.8, 4) is 0 Å². The lowest BCUT2D eigenvalue weighted by Gasteiger charge is -2.16. The topological polar surface area (TPSA) is 52.3 Å². The van der Waals surface area contributed by atoms with E-state index in [9.17, 15) is 4.21 Å². The summed E-state index contributed by atoms with van der Waals surface area (Å²) in [5, 5.41) is 0. The van der Waals surface area contributed by atoms with Crippen molar-refractivity contribution in [3.05, 3.63) is 29.8 Å². The minimum atomic E-state index is -0.885. The maximum Gasteiger partial charge on any atom is 0.0955 e. The molecule has 0 aliphatic heterocycles. The average molecular weight is 213 g/mol. The van der Waals surface area contributed by atoms with Gasteiger partial charge in [0.2, 0.25) is 0 Å². The molecule has 78 valence electrons. The predicted octanol–water partition coefficient (Wildman–Crippen LogP) is 1.33. The fraction of sp³-hybridized carbons (Fsp3) is 0.400. The number of nitrogen functional groups attached to an aromatic ring is 1. The van der Waals surface area contributed by atoms with Crippen LogP contribution in [0.3, 0.4) is 0 Å². The smallest absolute Gasteiger partial charge is 0.0955 e. The number of nitrogens with two attached hydrogens (primary N) is 1. The third-order valence-corrected chi connectivity index (χ3v) is 2.79. The molecule has 0 fully saturated rings. The molecule has 0 radical (unpaired) electrons. The van der Waals surface area contributed by atoms with Crippen molar-refractivity contribution >= 4 is 16.5 Å². The first-order valence-electron chi connectivity index (χ1n) is 4.32. The highest BCUT2D eigenvalue weighted by atomic mass is 32.2. The number of para-hydroxylation sites is 1. The van der Waals surface area contributed by atoms with Gasteiger partial charge in [0, 0.05) is 35.4 Å². The highest BCUT2D eigenvalue weighted by Gasteiger charge is 2.14. The molecule has 0 bridgehead atoms. The zero-order chi connectivity index (χ0) is 10.6. The summed E-state index contributed by atoms with van der Waals surface area (Å²) in [5.74, 6) is 0.477. The van der Waals surface area contributed by atoms with E-state index in [4.69, 9.17) is 10.5 Å². The molecular formula is C10H15NO2S. The molecule has 0 spiro atoms. The third kappa shape index (κ3) is 2.82. The minimum absolute atomic E-state index is 0.179. The maximum atomic E-state index is 11.1. The van der Waals surface area contributed by atoms with Crippen molar-refractivity contribution in [2.75, 3.05) is 24.9 Å². The van der Waals surface area contributed by atoms with E-state index in [0.717, 1.165) is 5.56 Å². The summed E-state index contributed by atoms with van der Waals surface area (Å²) in [7, 11) is 0.716. The van der Waals surface area contributed by atoms with Gasteiger partial charge in [-0.05, 0) is 6.07 Å². The Labute approximate surface area is 86.7 Å². The first-order chi connectivity index (χ1) is 6.65. The Balaban J connectivity index is 2.89. The second kappa shape index (κ2) is 5.12. The average Bonchev–Trinajstić information content (AvgIpc) is 2.15. The van der Waals surface area contributed by atoms with Crippen LogP contribution in [0.2, 0.25) is 0 Å². The second-order valence-corrected chi connectivity index (χ2v) is 4.57. The predicted molar refractivity (Wildman–Crippen MR) is 59.5 cm³/mol. The highest BCUT2D eigenvalue weighted by molar-refractivity contribution is 7.84. The van der Waals surface area contributed by atoms with E-state index in [1.165, 1.54) is 0 Å². The first-order valence-corrected chi connectivity index (χ1v) is 6.05. The Morgan fingerprint density at radius 1 is 1.50 bits per heavy atom. The SMILES string of the molecule is COC(CS(C)=O)c1ccccc1N. The number of methoxy groups -OCH3 is 1. The van der Waals surface area contributed by atoms with Crippen molar-refractivity contribution < 1.29 is 8.95 Å². The van der Waals surface area contributed by atoms with Crippen molar-refractivity contribution in [3.63, 3.8) is 0 Å². The number of benzene rings is 1. The van der Waals surface area contributed by atoms with E-state index >= 15 is 0 Å². The molecule has 2 unspecified atom stereocenters. The summed E-state index contributed by atoms with van der Waals surface area (Å²) in [6.07, 6.45) is 1.48. The van der Waals surface area contributed by atoms with Gasteiger partial charge >= 0.3 is 0 Å². The van der Waals surface area contributed by atoms with Gasteiger partial charge in [0.1, 0.15) is 0 Å². The summed E-state index contributed by atoms with van der Waals surface area (Å²) in [4.78, 5) is 0. The van der Waals surface area contributed by atoms with E-state index in [-0.39, 0.29) is 6.10 Å². The van der Waals surface area contributed by atoms with Crippen molar-refractivity contribution in [2.45, 2.75) is 6.10 Å². The van der Waals surface area contributed by atoms with Crippen LogP contribution >= 0.6 is 0 Å². The van der Waals surface area contributed by atoms with Gasteiger partial charge < -0.3 is 10.5 Å². The number of rotatable bonds is 4. The minimum Gasteiger partial charge on any atom is -0.398 e. The normalized spacial score (nSPS) is 15.0. The molecular weight excluding hydrogens is 198 g/mol.